The van der Waals surface area contributed by atoms with Crippen molar-refractivity contribution < 1.29 is 0 Å². The predicted octanol–water partition coefficient (Wildman–Crippen LogP) is 7.39. The van der Waals surface area contributed by atoms with E-state index in [1.54, 1.807) is 10.9 Å². The van der Waals surface area contributed by atoms with E-state index in [0.29, 0.717) is 42.5 Å². The summed E-state index contributed by atoms with van der Waals surface area (Å²) in [5, 5.41) is 5.69. The van der Waals surface area contributed by atoms with E-state index in [1.807, 2.05) is 12.3 Å². The molecular formula is C47H27B2N5. The number of rotatable bonds is 1. The SMILES string of the molecule is c1ccc(-c2ccc3c(c2)B2c4ccccc4N4c5cccc6c7ccc8c9c7n(c56)C5C4C2C2[C@@H]4[C@H]5B9c5c-8ccc6c7cccc(c7n4c56)N32)nc1. The van der Waals surface area contributed by atoms with Gasteiger partial charge < -0.3 is 18.9 Å². The third kappa shape index (κ3) is 2.30. The van der Waals surface area contributed by atoms with E-state index in [9.17, 15) is 0 Å². The topological polar surface area (TPSA) is 29.2 Å². The number of anilines is 4. The van der Waals surface area contributed by atoms with E-state index in [1.165, 1.54) is 94.0 Å². The van der Waals surface area contributed by atoms with Crippen molar-refractivity contribution in [3.63, 3.8) is 0 Å². The van der Waals surface area contributed by atoms with Crippen molar-refractivity contribution in [3.05, 3.63) is 128 Å². The molecule has 0 bridgehead atoms. The summed E-state index contributed by atoms with van der Waals surface area (Å²) < 4.78 is 5.86. The Labute approximate surface area is 310 Å². The molecule has 0 amide bonds. The zero-order chi connectivity index (χ0) is 34.0. The van der Waals surface area contributed by atoms with E-state index >= 15 is 0 Å². The van der Waals surface area contributed by atoms with Crippen molar-refractivity contribution in [3.8, 4) is 22.4 Å². The molecular weight excluding hydrogens is 656 g/mol. The van der Waals surface area contributed by atoms with Gasteiger partial charge in [0.2, 0.25) is 13.4 Å². The van der Waals surface area contributed by atoms with Crippen LogP contribution >= 0.6 is 0 Å². The Balaban J connectivity index is 1.13. The van der Waals surface area contributed by atoms with Crippen LogP contribution in [0.4, 0.5) is 22.7 Å². The normalized spacial score (nSPS) is 25.3. The van der Waals surface area contributed by atoms with Gasteiger partial charge in [-0.05, 0) is 81.1 Å². The number of hydrogen-bond acceptors (Lipinski definition) is 3. The smallest absolute Gasteiger partial charge is 0.223 e. The van der Waals surface area contributed by atoms with E-state index in [4.69, 9.17) is 4.98 Å². The highest BCUT2D eigenvalue weighted by Gasteiger charge is 2.70. The number of benzene rings is 6. The molecule has 4 unspecified atom stereocenters. The minimum absolute atomic E-state index is 0.256. The van der Waals surface area contributed by atoms with E-state index in [-0.39, 0.29) is 6.71 Å². The number of hydrogen-bond donors (Lipinski definition) is 0. The molecule has 0 radical (unpaired) electrons. The van der Waals surface area contributed by atoms with E-state index < -0.39 is 0 Å². The van der Waals surface area contributed by atoms with Crippen LogP contribution in [0.15, 0.2) is 128 Å². The van der Waals surface area contributed by atoms with Gasteiger partial charge in [0, 0.05) is 50.1 Å². The molecule has 246 valence electrons. The minimum Gasteiger partial charge on any atom is -0.335 e. The summed E-state index contributed by atoms with van der Waals surface area (Å²) in [5.74, 6) is 0.792. The Kier molecular flexibility index (Phi) is 3.74. The molecule has 6 atom stereocenters. The van der Waals surface area contributed by atoms with Crippen molar-refractivity contribution in [1.82, 2.24) is 14.1 Å². The van der Waals surface area contributed by atoms with Crippen molar-refractivity contribution in [2.24, 2.45) is 0 Å². The van der Waals surface area contributed by atoms with Gasteiger partial charge in [-0.3, -0.25) is 4.98 Å². The maximum atomic E-state index is 4.86. The largest absolute Gasteiger partial charge is 0.335 e. The van der Waals surface area contributed by atoms with Crippen molar-refractivity contribution in [2.45, 2.75) is 35.8 Å². The van der Waals surface area contributed by atoms with Crippen LogP contribution in [-0.4, -0.2) is 39.6 Å². The van der Waals surface area contributed by atoms with Gasteiger partial charge in [0.25, 0.3) is 0 Å². The van der Waals surface area contributed by atoms with Crippen molar-refractivity contribution in [1.29, 1.82) is 0 Å². The van der Waals surface area contributed by atoms with Crippen LogP contribution in [0.2, 0.25) is 11.6 Å². The first-order valence-corrected chi connectivity index (χ1v) is 19.8. The molecule has 7 heteroatoms. The molecule has 9 aromatic rings. The third-order valence-electron chi connectivity index (χ3n) is 15.8. The summed E-state index contributed by atoms with van der Waals surface area (Å²) >= 11 is 0. The number of para-hydroxylation sites is 3. The second-order valence-corrected chi connectivity index (χ2v) is 17.3. The first kappa shape index (κ1) is 25.7. The number of nitrogens with zero attached hydrogens (tertiary/aromatic N) is 5. The summed E-state index contributed by atoms with van der Waals surface area (Å²) in [7, 11) is 0. The number of aromatic nitrogens is 3. The highest BCUT2D eigenvalue weighted by Crippen LogP contribution is 2.69. The molecule has 8 aliphatic rings. The molecule has 10 heterocycles. The lowest BCUT2D eigenvalue weighted by molar-refractivity contribution is 0.203. The predicted molar refractivity (Wildman–Crippen MR) is 221 cm³/mol. The van der Waals surface area contributed by atoms with Crippen LogP contribution < -0.4 is 31.7 Å². The lowest BCUT2D eigenvalue weighted by Gasteiger charge is -2.68. The fourth-order valence-corrected chi connectivity index (χ4v) is 14.6. The van der Waals surface area contributed by atoms with Gasteiger partial charge in [0.05, 0.1) is 52.3 Å². The maximum Gasteiger partial charge on any atom is 0.223 e. The van der Waals surface area contributed by atoms with Gasteiger partial charge in [-0.15, -0.1) is 0 Å². The van der Waals surface area contributed by atoms with Gasteiger partial charge >= 0.3 is 0 Å². The fraction of sp³-hybridized carbons (Fsp3) is 0.128. The third-order valence-corrected chi connectivity index (χ3v) is 15.8. The van der Waals surface area contributed by atoms with Crippen LogP contribution in [0.1, 0.15) is 12.1 Å². The molecule has 5 nitrogen and oxygen atoms in total. The standard InChI is InChI=1S/C47H27B2N5/c1-2-11-32-29(9-1)48-30-21-22(31-10-3-4-20-50-31)14-19-33(30)52-35-13-6-8-26-28-18-16-24-23-15-17-27-25-7-5-12-34-40(25)53-42(27)36(23)49-37(24)43(28)54(41(26)35)47-39(49)46(53)44(51(32)34)38(48)45(47)52/h1-21,38-39,44-47H/t38?,39-,44?,45?,46?,47-/m0/s1. The van der Waals surface area contributed by atoms with Crippen molar-refractivity contribution in [2.75, 3.05) is 9.80 Å². The minimum atomic E-state index is 0.256. The molecule has 7 aliphatic heterocycles. The summed E-state index contributed by atoms with van der Waals surface area (Å²) in [6.45, 7) is 0.647. The maximum absolute atomic E-state index is 4.86. The van der Waals surface area contributed by atoms with Crippen LogP contribution in [0.3, 0.4) is 0 Å². The highest BCUT2D eigenvalue weighted by molar-refractivity contribution is 6.95. The Hall–Kier alpha value is -6.20. The molecule has 3 aromatic heterocycles. The summed E-state index contributed by atoms with van der Waals surface area (Å²) in [6.07, 6.45) is 1.93. The molecule has 1 aliphatic carbocycles. The van der Waals surface area contributed by atoms with Gasteiger partial charge in [-0.2, -0.15) is 0 Å². The second-order valence-electron chi connectivity index (χ2n) is 17.3. The molecule has 0 spiro atoms. The second kappa shape index (κ2) is 7.85. The Morgan fingerprint density at radius 2 is 1.04 bits per heavy atom. The summed E-state index contributed by atoms with van der Waals surface area (Å²) in [5.41, 5.74) is 22.8. The molecule has 6 aromatic carbocycles. The lowest BCUT2D eigenvalue weighted by atomic mass is 9.21. The molecule has 1 fully saturated rings. The Bertz CT molecular complexity index is 3380. The van der Waals surface area contributed by atoms with Crippen LogP contribution in [0.25, 0.3) is 66.0 Å². The average Bonchev–Trinajstić information content (AvgIpc) is 3.88. The molecule has 0 saturated heterocycles. The van der Waals surface area contributed by atoms with Crippen molar-refractivity contribution >= 4 is 102 Å². The quantitative estimate of drug-likeness (QED) is 0.169. The summed E-state index contributed by atoms with van der Waals surface area (Å²) in [4.78, 5) is 10.6. The summed E-state index contributed by atoms with van der Waals surface area (Å²) in [6, 6.07) is 48.7. The number of fused-ring (bicyclic) bond motifs is 11. The zero-order valence-electron chi connectivity index (χ0n) is 29.0. The van der Waals surface area contributed by atoms with Gasteiger partial charge in [-0.25, -0.2) is 0 Å². The highest BCUT2D eigenvalue weighted by atomic mass is 15.3. The van der Waals surface area contributed by atoms with E-state index in [0.717, 1.165) is 5.69 Å². The van der Waals surface area contributed by atoms with E-state index in [2.05, 4.69) is 134 Å². The lowest BCUT2D eigenvalue weighted by Crippen LogP contribution is -2.76. The fourth-order valence-electron chi connectivity index (χ4n) is 14.6. The first-order valence-electron chi connectivity index (χ1n) is 19.8. The molecule has 17 rings (SSSR count). The average molecular weight is 683 g/mol. The molecule has 1 saturated carbocycles. The molecule has 54 heavy (non-hydrogen) atoms. The Morgan fingerprint density at radius 3 is 1.70 bits per heavy atom. The van der Waals surface area contributed by atoms with Crippen LogP contribution in [-0.2, 0) is 0 Å². The monoisotopic (exact) mass is 683 g/mol. The zero-order valence-corrected chi connectivity index (χ0v) is 29.0. The van der Waals surface area contributed by atoms with Gasteiger partial charge in [0.1, 0.15) is 0 Å². The van der Waals surface area contributed by atoms with Crippen LogP contribution in [0.5, 0.6) is 0 Å². The number of pyridine rings is 1. The Morgan fingerprint density at radius 1 is 0.444 bits per heavy atom. The first-order chi connectivity index (χ1) is 26.9. The van der Waals surface area contributed by atoms with Gasteiger partial charge in [0.15, 0.2) is 0 Å². The van der Waals surface area contributed by atoms with Crippen LogP contribution in [0, 0.1) is 0 Å². The van der Waals surface area contributed by atoms with Gasteiger partial charge in [-0.1, -0.05) is 90.4 Å². The molecule has 0 N–H and O–H groups in total.